The zero-order valence-electron chi connectivity index (χ0n) is 16.6. The maximum Gasteiger partial charge on any atom is 0.470 e. The number of oxazole rings is 1. The fraction of sp³-hybridized carbons (Fsp3) is 0.263. The van der Waals surface area contributed by atoms with Crippen molar-refractivity contribution in [1.29, 1.82) is 0 Å². The van der Waals surface area contributed by atoms with Crippen molar-refractivity contribution in [1.82, 2.24) is 15.0 Å². The van der Waals surface area contributed by atoms with E-state index in [9.17, 15) is 30.6 Å². The molecule has 1 amide bonds. The predicted octanol–water partition coefficient (Wildman–Crippen LogP) is 2.97. The molecule has 2 N–H and O–H groups in total. The van der Waals surface area contributed by atoms with Crippen molar-refractivity contribution < 1.29 is 35.0 Å². The van der Waals surface area contributed by atoms with E-state index in [0.717, 1.165) is 0 Å². The Labute approximate surface area is 194 Å². The number of aromatic nitrogens is 1. The molecule has 0 fully saturated rings. The smallest absolute Gasteiger partial charge is 0.443 e. The zero-order valence-corrected chi connectivity index (χ0v) is 19.0. The van der Waals surface area contributed by atoms with E-state index >= 15 is 0 Å². The molecule has 0 saturated carbocycles. The molecule has 1 aromatic heterocycles. The van der Waals surface area contributed by atoms with Gasteiger partial charge in [0.25, 0.3) is 5.91 Å². The first-order valence-electron chi connectivity index (χ1n) is 9.23. The fourth-order valence-electron chi connectivity index (χ4n) is 2.86. The van der Waals surface area contributed by atoms with Gasteiger partial charge in [0.15, 0.2) is 12.0 Å². The Bertz CT molecular complexity index is 1260. The molecule has 8 nitrogen and oxygen atoms in total. The fourth-order valence-corrected chi connectivity index (χ4v) is 6.20. The SMILES string of the molecule is O=C(NCC(CS(=O)(=O)NC(F)(F)F)S(=O)Cc1ccc(Cl)cc1)c1ccc2ncoc2c1. The Morgan fingerprint density at radius 2 is 1.88 bits per heavy atom. The number of alkyl halides is 3. The minimum absolute atomic E-state index is 0.150. The van der Waals surface area contributed by atoms with Gasteiger partial charge in [-0.05, 0) is 35.9 Å². The van der Waals surface area contributed by atoms with Crippen LogP contribution in [-0.2, 0) is 26.6 Å². The van der Waals surface area contributed by atoms with Crippen LogP contribution in [0.5, 0.6) is 0 Å². The van der Waals surface area contributed by atoms with E-state index in [0.29, 0.717) is 26.4 Å². The normalized spacial score (nSPS) is 14.2. The quantitative estimate of drug-likeness (QED) is 0.416. The number of benzene rings is 2. The van der Waals surface area contributed by atoms with Gasteiger partial charge in [0, 0.05) is 33.7 Å². The maximum atomic E-state index is 12.9. The van der Waals surface area contributed by atoms with Crippen LogP contribution >= 0.6 is 11.6 Å². The summed E-state index contributed by atoms with van der Waals surface area (Å²) in [6.45, 7) is -0.452. The second-order valence-corrected chi connectivity index (χ2v) is 10.8. The molecular formula is C19H17ClF3N3O5S2. The Balaban J connectivity index is 1.75. The number of amides is 1. The number of nitrogens with zero attached hydrogens (tertiary/aromatic N) is 1. The number of nitrogens with one attached hydrogen (secondary N) is 2. The highest BCUT2D eigenvalue weighted by atomic mass is 35.5. The van der Waals surface area contributed by atoms with Gasteiger partial charge in [0.2, 0.25) is 10.0 Å². The Morgan fingerprint density at radius 3 is 2.55 bits per heavy atom. The molecule has 0 spiro atoms. The summed E-state index contributed by atoms with van der Waals surface area (Å²) in [6, 6.07) is 10.6. The third-order valence-corrected chi connectivity index (χ3v) is 7.90. The Kier molecular flexibility index (Phi) is 7.77. The van der Waals surface area contributed by atoms with Gasteiger partial charge in [-0.3, -0.25) is 9.00 Å². The van der Waals surface area contributed by atoms with Gasteiger partial charge in [-0.25, -0.2) is 13.4 Å². The molecule has 178 valence electrons. The highest BCUT2D eigenvalue weighted by Crippen LogP contribution is 2.17. The first-order chi connectivity index (χ1) is 15.4. The van der Waals surface area contributed by atoms with Crippen LogP contribution in [0.1, 0.15) is 15.9 Å². The average molecular weight is 524 g/mol. The van der Waals surface area contributed by atoms with Gasteiger partial charge in [0.05, 0.1) is 11.0 Å². The molecule has 3 aromatic rings. The number of hydrogen-bond donors (Lipinski definition) is 2. The van der Waals surface area contributed by atoms with E-state index in [1.165, 1.54) is 36.7 Å². The number of carbonyl (C=O) groups is 1. The highest BCUT2D eigenvalue weighted by molar-refractivity contribution is 7.91. The Morgan fingerprint density at radius 1 is 1.18 bits per heavy atom. The van der Waals surface area contributed by atoms with Crippen LogP contribution in [-0.4, -0.2) is 47.4 Å². The third-order valence-electron chi connectivity index (χ3n) is 4.35. The van der Waals surface area contributed by atoms with Crippen LogP contribution < -0.4 is 10.0 Å². The molecule has 0 bridgehead atoms. The topological polar surface area (TPSA) is 118 Å². The molecule has 14 heteroatoms. The molecule has 33 heavy (non-hydrogen) atoms. The molecule has 0 aliphatic heterocycles. The summed E-state index contributed by atoms with van der Waals surface area (Å²) in [4.78, 5) is 16.4. The van der Waals surface area contributed by atoms with E-state index in [2.05, 4.69) is 10.3 Å². The van der Waals surface area contributed by atoms with Gasteiger partial charge in [-0.2, -0.15) is 13.2 Å². The van der Waals surface area contributed by atoms with E-state index < -0.39 is 50.6 Å². The summed E-state index contributed by atoms with van der Waals surface area (Å²) in [5, 5.41) is 1.52. The lowest BCUT2D eigenvalue weighted by molar-refractivity contribution is -0.138. The minimum Gasteiger partial charge on any atom is -0.443 e. The van der Waals surface area contributed by atoms with Crippen LogP contribution in [0.4, 0.5) is 13.2 Å². The van der Waals surface area contributed by atoms with Crippen molar-refractivity contribution in [3.8, 4) is 0 Å². The summed E-state index contributed by atoms with van der Waals surface area (Å²) < 4.78 is 80.2. The Hall–Kier alpha value is -2.48. The second-order valence-electron chi connectivity index (χ2n) is 6.90. The summed E-state index contributed by atoms with van der Waals surface area (Å²) in [6.07, 6.45) is -3.99. The van der Waals surface area contributed by atoms with Gasteiger partial charge < -0.3 is 9.73 Å². The van der Waals surface area contributed by atoms with E-state index in [-0.39, 0.29) is 11.3 Å². The predicted molar refractivity (Wildman–Crippen MR) is 116 cm³/mol. The number of fused-ring (bicyclic) bond motifs is 1. The van der Waals surface area contributed by atoms with Crippen LogP contribution in [0.2, 0.25) is 5.02 Å². The highest BCUT2D eigenvalue weighted by Gasteiger charge is 2.36. The van der Waals surface area contributed by atoms with E-state index in [1.807, 2.05) is 0 Å². The summed E-state index contributed by atoms with van der Waals surface area (Å²) in [7, 11) is -6.83. The molecule has 0 saturated heterocycles. The molecule has 1 heterocycles. The first kappa shape index (κ1) is 25.1. The number of rotatable bonds is 9. The lowest BCUT2D eigenvalue weighted by Gasteiger charge is -2.19. The second kappa shape index (κ2) is 10.2. The summed E-state index contributed by atoms with van der Waals surface area (Å²) in [5.74, 6) is -1.92. The first-order valence-corrected chi connectivity index (χ1v) is 12.6. The van der Waals surface area contributed by atoms with E-state index in [1.54, 1.807) is 12.1 Å². The molecule has 2 atom stereocenters. The monoisotopic (exact) mass is 523 g/mol. The third kappa shape index (κ3) is 7.52. The molecule has 0 aliphatic carbocycles. The number of carbonyl (C=O) groups excluding carboxylic acids is 1. The van der Waals surface area contributed by atoms with Crippen molar-refractivity contribution >= 4 is 49.4 Å². The van der Waals surface area contributed by atoms with E-state index in [4.69, 9.17) is 16.0 Å². The molecule has 2 aromatic carbocycles. The van der Waals surface area contributed by atoms with Crippen LogP contribution in [0.25, 0.3) is 11.1 Å². The van der Waals surface area contributed by atoms with Gasteiger partial charge in [-0.1, -0.05) is 23.7 Å². The van der Waals surface area contributed by atoms with Gasteiger partial charge >= 0.3 is 6.30 Å². The lowest BCUT2D eigenvalue weighted by Crippen LogP contribution is -2.45. The number of halogens is 4. The molecule has 2 unspecified atom stereocenters. The van der Waals surface area contributed by atoms with Crippen molar-refractivity contribution in [3.63, 3.8) is 0 Å². The number of hydrogen-bond acceptors (Lipinski definition) is 6. The van der Waals surface area contributed by atoms with Crippen LogP contribution in [0, 0.1) is 0 Å². The summed E-state index contributed by atoms with van der Waals surface area (Å²) in [5.41, 5.74) is 1.53. The standard InChI is InChI=1S/C19H17ClF3N3O5S2/c20-14-4-1-12(2-5-14)9-32(28)15(10-33(29,30)26-19(21,22)23)8-24-18(27)13-3-6-16-17(7-13)31-11-25-16/h1-7,11,15,26H,8-10H2,(H,24,27). The van der Waals surface area contributed by atoms with Gasteiger partial charge in [0.1, 0.15) is 5.52 Å². The van der Waals surface area contributed by atoms with Crippen LogP contribution in [0.15, 0.2) is 53.3 Å². The molecular weight excluding hydrogens is 507 g/mol. The van der Waals surface area contributed by atoms with Crippen molar-refractivity contribution in [3.05, 3.63) is 65.0 Å². The van der Waals surface area contributed by atoms with Crippen molar-refractivity contribution in [2.45, 2.75) is 17.3 Å². The largest absolute Gasteiger partial charge is 0.470 e. The number of sulfonamides is 1. The van der Waals surface area contributed by atoms with Gasteiger partial charge in [-0.15, -0.1) is 4.72 Å². The summed E-state index contributed by atoms with van der Waals surface area (Å²) >= 11 is 5.80. The van der Waals surface area contributed by atoms with Crippen molar-refractivity contribution in [2.24, 2.45) is 0 Å². The van der Waals surface area contributed by atoms with Crippen molar-refractivity contribution in [2.75, 3.05) is 12.3 Å². The minimum atomic E-state index is -5.18. The molecule has 3 rings (SSSR count). The van der Waals surface area contributed by atoms with Crippen LogP contribution in [0.3, 0.4) is 0 Å². The lowest BCUT2D eigenvalue weighted by atomic mass is 10.2. The zero-order chi connectivity index (χ0) is 24.2. The molecule has 0 aliphatic rings. The average Bonchev–Trinajstić information content (AvgIpc) is 3.18. The molecule has 0 radical (unpaired) electrons. The maximum absolute atomic E-state index is 12.9.